The van der Waals surface area contributed by atoms with E-state index in [0.29, 0.717) is 0 Å². The molecule has 286 valence electrons. The summed E-state index contributed by atoms with van der Waals surface area (Å²) in [6, 6.07) is 84.0. The van der Waals surface area contributed by atoms with E-state index in [1.807, 2.05) is 12.1 Å². The van der Waals surface area contributed by atoms with E-state index >= 15 is 0 Å². The molecule has 0 fully saturated rings. The first-order valence-electron chi connectivity index (χ1n) is 20.7. The molecule has 0 atom stereocenters. The summed E-state index contributed by atoms with van der Waals surface area (Å²) in [5.41, 5.74) is 18.6. The van der Waals surface area contributed by atoms with Gasteiger partial charge in [-0.05, 0) is 74.7 Å². The molecule has 0 saturated heterocycles. The van der Waals surface area contributed by atoms with Crippen molar-refractivity contribution in [3.05, 3.63) is 237 Å². The fourth-order valence-electron chi connectivity index (χ4n) is 8.55. The van der Waals surface area contributed by atoms with E-state index < -0.39 is 0 Å². The van der Waals surface area contributed by atoms with Crippen LogP contribution in [-0.2, 0) is 0 Å². The molecule has 0 aliphatic heterocycles. The Morgan fingerprint density at radius 1 is 0.295 bits per heavy atom. The fraction of sp³-hybridized carbons (Fsp3) is 0. The Morgan fingerprint density at radius 3 is 1.30 bits per heavy atom. The van der Waals surface area contributed by atoms with Crippen molar-refractivity contribution in [2.75, 3.05) is 0 Å². The molecule has 0 aliphatic carbocycles. The molecular formula is C58H39N3. The van der Waals surface area contributed by atoms with Crippen LogP contribution in [0.1, 0.15) is 0 Å². The van der Waals surface area contributed by atoms with Crippen molar-refractivity contribution in [2.45, 2.75) is 0 Å². The molecule has 0 aliphatic rings. The summed E-state index contributed by atoms with van der Waals surface area (Å²) >= 11 is 0. The Labute approximate surface area is 355 Å². The molecule has 0 saturated carbocycles. The molecule has 0 N–H and O–H groups in total. The van der Waals surface area contributed by atoms with Gasteiger partial charge in [-0.15, -0.1) is 0 Å². The monoisotopic (exact) mass is 777 g/mol. The Kier molecular flexibility index (Phi) is 9.18. The van der Waals surface area contributed by atoms with E-state index in [-0.39, 0.29) is 0 Å². The first kappa shape index (κ1) is 36.0. The number of hydrogen-bond donors (Lipinski definition) is 0. The standard InChI is InChI=1S/C58H39N3/c1-6-17-42(18-7-1)53-37-51(38-54(59-53)43-19-8-2-9-20-43)48-28-16-27-47(35-48)40-29-31-41(32-30-40)49-33-34-50-39-55(44-21-10-3-11-22-44)61-58(52(50)36-49)56(45-23-12-4-13-24-45)57(60-61)46-25-14-5-15-26-46/h1-39H. The van der Waals surface area contributed by atoms with Crippen LogP contribution in [-0.4, -0.2) is 14.6 Å². The molecule has 11 aromatic rings. The van der Waals surface area contributed by atoms with Gasteiger partial charge >= 0.3 is 0 Å². The van der Waals surface area contributed by atoms with E-state index in [1.54, 1.807) is 0 Å². The molecule has 3 aromatic heterocycles. The van der Waals surface area contributed by atoms with Crippen molar-refractivity contribution in [1.82, 2.24) is 14.6 Å². The van der Waals surface area contributed by atoms with Gasteiger partial charge in [0, 0.05) is 33.2 Å². The molecule has 0 spiro atoms. The summed E-state index contributed by atoms with van der Waals surface area (Å²) < 4.78 is 2.16. The maximum atomic E-state index is 5.42. The third-order valence-electron chi connectivity index (χ3n) is 11.6. The summed E-state index contributed by atoms with van der Waals surface area (Å²) in [7, 11) is 0. The molecule has 11 rings (SSSR count). The van der Waals surface area contributed by atoms with E-state index in [2.05, 4.69) is 229 Å². The Hall–Kier alpha value is -8.14. The lowest BCUT2D eigenvalue weighted by Crippen LogP contribution is -1.96. The third-order valence-corrected chi connectivity index (χ3v) is 11.6. The van der Waals surface area contributed by atoms with Crippen LogP contribution in [0.5, 0.6) is 0 Å². The average Bonchev–Trinajstić information content (AvgIpc) is 3.76. The first-order chi connectivity index (χ1) is 30.2. The van der Waals surface area contributed by atoms with Crippen molar-refractivity contribution in [3.8, 4) is 89.5 Å². The summed E-state index contributed by atoms with van der Waals surface area (Å²) in [4.78, 5) is 5.10. The van der Waals surface area contributed by atoms with Crippen LogP contribution >= 0.6 is 0 Å². The van der Waals surface area contributed by atoms with Gasteiger partial charge in [-0.1, -0.05) is 206 Å². The van der Waals surface area contributed by atoms with E-state index in [0.717, 1.165) is 100 Å². The minimum Gasteiger partial charge on any atom is -0.248 e. The van der Waals surface area contributed by atoms with Crippen LogP contribution in [0.25, 0.3) is 106 Å². The van der Waals surface area contributed by atoms with Crippen LogP contribution < -0.4 is 0 Å². The molecule has 3 nitrogen and oxygen atoms in total. The Balaban J connectivity index is 1.01. The van der Waals surface area contributed by atoms with Crippen molar-refractivity contribution in [1.29, 1.82) is 0 Å². The smallest absolute Gasteiger partial charge is 0.101 e. The molecule has 8 aromatic carbocycles. The van der Waals surface area contributed by atoms with Gasteiger partial charge in [-0.3, -0.25) is 0 Å². The maximum absolute atomic E-state index is 5.42. The van der Waals surface area contributed by atoms with Crippen LogP contribution in [0.3, 0.4) is 0 Å². The quantitative estimate of drug-likeness (QED) is 0.154. The SMILES string of the molecule is c1ccc(-c2cc(-c3cccc(-c4ccc(-c5ccc6cc(-c7ccccc7)n7nc(-c8ccccc8)c(-c8ccccc8)c7c6c5)cc4)c3)cc(-c3ccccc3)n2)cc1. The fourth-order valence-corrected chi connectivity index (χ4v) is 8.55. The number of benzene rings is 8. The van der Waals surface area contributed by atoms with Crippen LogP contribution in [0.15, 0.2) is 237 Å². The van der Waals surface area contributed by atoms with Gasteiger partial charge < -0.3 is 0 Å². The van der Waals surface area contributed by atoms with Gasteiger partial charge in [0.1, 0.15) is 5.69 Å². The number of nitrogens with zero attached hydrogens (tertiary/aromatic N) is 3. The summed E-state index contributed by atoms with van der Waals surface area (Å²) in [5, 5.41) is 7.74. The van der Waals surface area contributed by atoms with Gasteiger partial charge in [0.2, 0.25) is 0 Å². The summed E-state index contributed by atoms with van der Waals surface area (Å²) in [5.74, 6) is 0. The number of pyridine rings is 2. The molecule has 0 radical (unpaired) electrons. The second kappa shape index (κ2) is 15.6. The van der Waals surface area contributed by atoms with Crippen LogP contribution in [0, 0.1) is 0 Å². The highest BCUT2D eigenvalue weighted by Crippen LogP contribution is 2.42. The lowest BCUT2D eigenvalue weighted by Gasteiger charge is -2.13. The molecule has 3 heteroatoms. The lowest BCUT2D eigenvalue weighted by atomic mass is 9.94. The molecule has 61 heavy (non-hydrogen) atoms. The molecule has 0 unspecified atom stereocenters. The second-order valence-corrected chi connectivity index (χ2v) is 15.4. The van der Waals surface area contributed by atoms with Crippen LogP contribution in [0.4, 0.5) is 0 Å². The van der Waals surface area contributed by atoms with Gasteiger partial charge in [0.15, 0.2) is 0 Å². The minimum atomic E-state index is 0.957. The van der Waals surface area contributed by atoms with Crippen molar-refractivity contribution < 1.29 is 0 Å². The summed E-state index contributed by atoms with van der Waals surface area (Å²) in [6.07, 6.45) is 0. The van der Waals surface area contributed by atoms with E-state index in [1.165, 1.54) is 5.39 Å². The minimum absolute atomic E-state index is 0.957. The Morgan fingerprint density at radius 2 is 0.738 bits per heavy atom. The highest BCUT2D eigenvalue weighted by atomic mass is 15.2. The summed E-state index contributed by atoms with van der Waals surface area (Å²) in [6.45, 7) is 0. The van der Waals surface area contributed by atoms with E-state index in [4.69, 9.17) is 10.1 Å². The topological polar surface area (TPSA) is 30.2 Å². The Bertz CT molecular complexity index is 3250. The maximum Gasteiger partial charge on any atom is 0.101 e. The van der Waals surface area contributed by atoms with Gasteiger partial charge in [0.25, 0.3) is 0 Å². The van der Waals surface area contributed by atoms with Crippen LogP contribution in [0.2, 0.25) is 0 Å². The zero-order chi connectivity index (χ0) is 40.5. The molecule has 3 heterocycles. The number of hydrogen-bond acceptors (Lipinski definition) is 2. The predicted octanol–water partition coefficient (Wildman–Crippen LogP) is 15.2. The average molecular weight is 778 g/mol. The predicted molar refractivity (Wildman–Crippen MR) is 254 cm³/mol. The zero-order valence-corrected chi connectivity index (χ0v) is 33.4. The van der Waals surface area contributed by atoms with E-state index in [9.17, 15) is 0 Å². The molecular weight excluding hydrogens is 739 g/mol. The zero-order valence-electron chi connectivity index (χ0n) is 33.4. The second-order valence-electron chi connectivity index (χ2n) is 15.4. The van der Waals surface area contributed by atoms with Gasteiger partial charge in [-0.25, -0.2) is 9.50 Å². The van der Waals surface area contributed by atoms with Gasteiger partial charge in [0.05, 0.1) is 22.6 Å². The number of fused-ring (bicyclic) bond motifs is 3. The van der Waals surface area contributed by atoms with Gasteiger partial charge in [-0.2, -0.15) is 5.10 Å². The first-order valence-corrected chi connectivity index (χ1v) is 20.7. The highest BCUT2D eigenvalue weighted by molar-refractivity contribution is 6.09. The normalized spacial score (nSPS) is 11.3. The molecule has 0 bridgehead atoms. The van der Waals surface area contributed by atoms with Crippen molar-refractivity contribution in [2.24, 2.45) is 0 Å². The molecule has 0 amide bonds. The largest absolute Gasteiger partial charge is 0.248 e. The lowest BCUT2D eigenvalue weighted by molar-refractivity contribution is 0.979. The third kappa shape index (κ3) is 6.88. The number of aromatic nitrogens is 3. The van der Waals surface area contributed by atoms with Crippen molar-refractivity contribution in [3.63, 3.8) is 0 Å². The highest BCUT2D eigenvalue weighted by Gasteiger charge is 2.22. The number of rotatable bonds is 8. The van der Waals surface area contributed by atoms with Crippen molar-refractivity contribution >= 4 is 16.3 Å².